The van der Waals surface area contributed by atoms with Crippen LogP contribution in [-0.4, -0.2) is 5.16 Å². The molecule has 0 aliphatic heterocycles. The lowest BCUT2D eigenvalue weighted by molar-refractivity contribution is 0.439. The van der Waals surface area contributed by atoms with Gasteiger partial charge in [0.1, 0.15) is 17.3 Å². The van der Waals surface area contributed by atoms with E-state index in [0.29, 0.717) is 0 Å². The van der Waals surface area contributed by atoms with E-state index in [1.165, 1.54) is 24.3 Å². The number of hydrogen-bond acceptors (Lipinski definition) is 3. The molecular weight excluding hydrogens is 298 g/mol. The molecule has 0 aliphatic rings. The minimum Gasteiger partial charge on any atom is -0.367 e. The van der Waals surface area contributed by atoms with Crippen LogP contribution in [0, 0.1) is 11.6 Å². The van der Waals surface area contributed by atoms with Crippen molar-refractivity contribution >= 4 is 17.5 Å². The average Bonchev–Trinajstić information content (AvgIpc) is 2.84. The lowest BCUT2D eigenvalue weighted by Crippen LogP contribution is -1.93. The monoisotopic (exact) mass is 306 g/mol. The Hall–Kier alpha value is -2.40. The first-order valence-corrected chi connectivity index (χ1v) is 6.42. The molecule has 0 bridgehead atoms. The van der Waals surface area contributed by atoms with Crippen LogP contribution in [0.25, 0.3) is 22.4 Å². The number of nitrogen functional groups attached to an aromatic ring is 1. The molecule has 1 heterocycles. The Morgan fingerprint density at radius 1 is 1.00 bits per heavy atom. The molecule has 0 spiro atoms. The third-order valence-electron chi connectivity index (χ3n) is 3.07. The zero-order valence-electron chi connectivity index (χ0n) is 10.6. The van der Waals surface area contributed by atoms with Gasteiger partial charge in [0.2, 0.25) is 5.88 Å². The van der Waals surface area contributed by atoms with Crippen molar-refractivity contribution < 1.29 is 13.3 Å². The molecular formula is C15H9ClF2N2O. The first-order chi connectivity index (χ1) is 10.1. The quantitative estimate of drug-likeness (QED) is 0.757. The van der Waals surface area contributed by atoms with Gasteiger partial charge in [0.25, 0.3) is 0 Å². The zero-order chi connectivity index (χ0) is 15.0. The van der Waals surface area contributed by atoms with E-state index < -0.39 is 11.6 Å². The van der Waals surface area contributed by atoms with Gasteiger partial charge in [-0.3, -0.25) is 0 Å². The normalized spacial score (nSPS) is 10.8. The lowest BCUT2D eigenvalue weighted by Gasteiger charge is -2.06. The first-order valence-electron chi connectivity index (χ1n) is 6.04. The minimum absolute atomic E-state index is 0.0624. The molecule has 21 heavy (non-hydrogen) atoms. The second-order valence-corrected chi connectivity index (χ2v) is 4.76. The van der Waals surface area contributed by atoms with Crippen LogP contribution in [0.1, 0.15) is 0 Å². The largest absolute Gasteiger partial charge is 0.367 e. The van der Waals surface area contributed by atoms with Crippen molar-refractivity contribution in [3.8, 4) is 22.4 Å². The number of anilines is 1. The summed E-state index contributed by atoms with van der Waals surface area (Å²) in [6.07, 6.45) is 0. The van der Waals surface area contributed by atoms with Crippen LogP contribution in [0.15, 0.2) is 47.0 Å². The summed E-state index contributed by atoms with van der Waals surface area (Å²) in [7, 11) is 0. The van der Waals surface area contributed by atoms with Gasteiger partial charge in [-0.05, 0) is 18.2 Å². The Labute approximate surface area is 123 Å². The molecule has 0 aliphatic carbocycles. The molecule has 2 aromatic carbocycles. The maximum atomic E-state index is 14.2. The third-order valence-corrected chi connectivity index (χ3v) is 3.36. The molecule has 3 rings (SSSR count). The van der Waals surface area contributed by atoms with Crippen molar-refractivity contribution in [2.45, 2.75) is 0 Å². The summed E-state index contributed by atoms with van der Waals surface area (Å²) in [5.74, 6) is -1.27. The first kappa shape index (κ1) is 13.6. The van der Waals surface area contributed by atoms with E-state index in [-0.39, 0.29) is 33.3 Å². The Morgan fingerprint density at radius 2 is 1.71 bits per heavy atom. The molecule has 2 N–H and O–H groups in total. The molecule has 6 heteroatoms. The number of halogens is 3. The van der Waals surface area contributed by atoms with Crippen LogP contribution in [-0.2, 0) is 0 Å². The number of aromatic nitrogens is 1. The fourth-order valence-electron chi connectivity index (χ4n) is 2.10. The number of hydrogen-bond donors (Lipinski definition) is 1. The summed E-state index contributed by atoms with van der Waals surface area (Å²) in [5, 5.41) is 3.68. The highest BCUT2D eigenvalue weighted by Gasteiger charge is 2.22. The van der Waals surface area contributed by atoms with E-state index in [4.69, 9.17) is 21.9 Å². The van der Waals surface area contributed by atoms with E-state index in [1.807, 2.05) is 0 Å². The molecule has 3 aromatic rings. The van der Waals surface area contributed by atoms with E-state index in [2.05, 4.69) is 5.16 Å². The van der Waals surface area contributed by atoms with E-state index in [0.717, 1.165) is 0 Å². The van der Waals surface area contributed by atoms with Crippen molar-refractivity contribution in [2.24, 2.45) is 0 Å². The van der Waals surface area contributed by atoms with Gasteiger partial charge in [-0.2, -0.15) is 0 Å². The standard InChI is InChI=1S/C15H9ClF2N2O/c16-10-6-3-5-9(13(10)18)12-14(20-21-15(12)19)8-4-1-2-7-11(8)17/h1-7H,19H2. The van der Waals surface area contributed by atoms with Crippen LogP contribution in [0.4, 0.5) is 14.7 Å². The van der Waals surface area contributed by atoms with E-state index in [1.54, 1.807) is 18.2 Å². The zero-order valence-corrected chi connectivity index (χ0v) is 11.4. The van der Waals surface area contributed by atoms with E-state index in [9.17, 15) is 8.78 Å². The fourth-order valence-corrected chi connectivity index (χ4v) is 2.27. The molecule has 0 radical (unpaired) electrons. The molecule has 3 nitrogen and oxygen atoms in total. The summed E-state index contributed by atoms with van der Waals surface area (Å²) in [6, 6.07) is 10.4. The van der Waals surface area contributed by atoms with Crippen molar-refractivity contribution in [1.82, 2.24) is 5.16 Å². The van der Waals surface area contributed by atoms with Gasteiger partial charge in [0, 0.05) is 11.1 Å². The Balaban J connectivity index is 2.28. The van der Waals surface area contributed by atoms with Crippen LogP contribution >= 0.6 is 11.6 Å². The van der Waals surface area contributed by atoms with Gasteiger partial charge >= 0.3 is 0 Å². The van der Waals surface area contributed by atoms with Crippen LogP contribution in [0.3, 0.4) is 0 Å². The predicted molar refractivity (Wildman–Crippen MR) is 76.7 cm³/mol. The van der Waals surface area contributed by atoms with Gasteiger partial charge in [-0.15, -0.1) is 0 Å². The highest BCUT2D eigenvalue weighted by atomic mass is 35.5. The molecule has 106 valence electrons. The number of nitrogens with zero attached hydrogens (tertiary/aromatic N) is 1. The van der Waals surface area contributed by atoms with Gasteiger partial charge < -0.3 is 10.3 Å². The summed E-state index contributed by atoms with van der Waals surface area (Å²) in [5.41, 5.74) is 6.31. The highest BCUT2D eigenvalue weighted by Crippen LogP contribution is 2.39. The molecule has 0 amide bonds. The predicted octanol–water partition coefficient (Wildman–Crippen LogP) is 4.52. The maximum absolute atomic E-state index is 14.2. The molecule has 0 saturated heterocycles. The topological polar surface area (TPSA) is 52.0 Å². The summed E-state index contributed by atoms with van der Waals surface area (Å²) < 4.78 is 33.0. The highest BCUT2D eigenvalue weighted by molar-refractivity contribution is 6.31. The number of nitrogens with two attached hydrogens (primary N) is 1. The molecule has 0 atom stereocenters. The van der Waals surface area contributed by atoms with Crippen molar-refractivity contribution in [1.29, 1.82) is 0 Å². The fraction of sp³-hybridized carbons (Fsp3) is 0. The Kier molecular flexibility index (Phi) is 3.35. The molecule has 0 fully saturated rings. The second-order valence-electron chi connectivity index (χ2n) is 4.35. The molecule has 0 unspecified atom stereocenters. The summed E-state index contributed by atoms with van der Waals surface area (Å²) >= 11 is 5.77. The van der Waals surface area contributed by atoms with Crippen LogP contribution in [0.5, 0.6) is 0 Å². The van der Waals surface area contributed by atoms with Gasteiger partial charge in [0.05, 0.1) is 10.6 Å². The lowest BCUT2D eigenvalue weighted by atomic mass is 10.00. The van der Waals surface area contributed by atoms with Crippen LogP contribution < -0.4 is 5.73 Å². The third kappa shape index (κ3) is 2.25. The van der Waals surface area contributed by atoms with Gasteiger partial charge in [0.15, 0.2) is 0 Å². The van der Waals surface area contributed by atoms with Crippen molar-refractivity contribution in [3.63, 3.8) is 0 Å². The Morgan fingerprint density at radius 3 is 2.48 bits per heavy atom. The van der Waals surface area contributed by atoms with Crippen molar-refractivity contribution in [3.05, 3.63) is 59.1 Å². The number of benzene rings is 2. The van der Waals surface area contributed by atoms with Gasteiger partial charge in [-0.25, -0.2) is 8.78 Å². The summed E-state index contributed by atoms with van der Waals surface area (Å²) in [6.45, 7) is 0. The minimum atomic E-state index is -0.661. The van der Waals surface area contributed by atoms with E-state index >= 15 is 0 Å². The van der Waals surface area contributed by atoms with Gasteiger partial charge in [-0.1, -0.05) is 41.0 Å². The summed E-state index contributed by atoms with van der Waals surface area (Å²) in [4.78, 5) is 0. The van der Waals surface area contributed by atoms with Crippen molar-refractivity contribution in [2.75, 3.05) is 5.73 Å². The van der Waals surface area contributed by atoms with Crippen LogP contribution in [0.2, 0.25) is 5.02 Å². The SMILES string of the molecule is Nc1onc(-c2ccccc2F)c1-c1cccc(Cl)c1F. The second kappa shape index (κ2) is 5.18. The number of rotatable bonds is 2. The molecule has 0 saturated carbocycles. The Bertz CT molecular complexity index is 817. The maximum Gasteiger partial charge on any atom is 0.230 e. The smallest absolute Gasteiger partial charge is 0.230 e. The average molecular weight is 307 g/mol. The molecule has 1 aromatic heterocycles.